The summed E-state index contributed by atoms with van der Waals surface area (Å²) in [4.78, 5) is 28.2. The number of carbonyl (C=O) groups excluding carboxylic acids is 1. The summed E-state index contributed by atoms with van der Waals surface area (Å²) in [5.41, 5.74) is 1.28. The summed E-state index contributed by atoms with van der Waals surface area (Å²) in [6.45, 7) is 0. The topological polar surface area (TPSA) is 122 Å². The molecule has 0 saturated carbocycles. The second-order valence-corrected chi connectivity index (χ2v) is 8.62. The molecule has 168 valence electrons. The number of thiazole rings is 1. The number of nitro benzene ring substituents is 1. The number of halogens is 1. The van der Waals surface area contributed by atoms with Crippen molar-refractivity contribution in [2.75, 3.05) is 5.32 Å². The number of nitriles is 1. The Labute approximate surface area is 202 Å². The molecule has 0 aliphatic heterocycles. The number of non-ortho nitro benzene ring substituents is 1. The molecular weight excluding hydrogens is 476 g/mol. The molecular formula is C24H15ClN4O4S. The fourth-order valence-corrected chi connectivity index (χ4v) is 4.16. The van der Waals surface area contributed by atoms with Gasteiger partial charge in [0.2, 0.25) is 0 Å². The first-order valence-electron chi connectivity index (χ1n) is 9.88. The largest absolute Gasteiger partial charge is 0.457 e. The van der Waals surface area contributed by atoms with Gasteiger partial charge in [0.1, 0.15) is 23.2 Å². The number of nitrogens with zero attached hydrogens (tertiary/aromatic N) is 3. The van der Waals surface area contributed by atoms with Crippen LogP contribution in [0, 0.1) is 21.4 Å². The normalized spacial score (nSPS) is 11.1. The number of amides is 1. The first-order chi connectivity index (χ1) is 16.4. The van der Waals surface area contributed by atoms with Gasteiger partial charge in [0.25, 0.3) is 11.6 Å². The van der Waals surface area contributed by atoms with Crippen LogP contribution in [0.4, 0.5) is 10.8 Å². The molecule has 4 aromatic rings. The third-order valence-corrected chi connectivity index (χ3v) is 5.81. The van der Waals surface area contributed by atoms with E-state index in [9.17, 15) is 20.2 Å². The summed E-state index contributed by atoms with van der Waals surface area (Å²) in [5, 5.41) is 24.1. The minimum Gasteiger partial charge on any atom is -0.457 e. The number of furan rings is 1. The van der Waals surface area contributed by atoms with Crippen LogP contribution in [0.15, 0.2) is 76.9 Å². The van der Waals surface area contributed by atoms with Crippen molar-refractivity contribution in [2.45, 2.75) is 6.42 Å². The van der Waals surface area contributed by atoms with Crippen LogP contribution >= 0.6 is 22.9 Å². The summed E-state index contributed by atoms with van der Waals surface area (Å²) in [5.74, 6) is 0.00618. The first kappa shape index (κ1) is 22.9. The molecule has 0 atom stereocenters. The van der Waals surface area contributed by atoms with Crippen molar-refractivity contribution >= 4 is 45.7 Å². The zero-order valence-electron chi connectivity index (χ0n) is 17.4. The smallest absolute Gasteiger partial charge is 0.270 e. The van der Waals surface area contributed by atoms with Crippen LogP contribution in [0.2, 0.25) is 5.02 Å². The molecule has 0 aliphatic rings. The summed E-state index contributed by atoms with van der Waals surface area (Å²) in [6, 6.07) is 18.5. The monoisotopic (exact) mass is 490 g/mol. The Bertz CT molecular complexity index is 1450. The van der Waals surface area contributed by atoms with E-state index < -0.39 is 10.8 Å². The van der Waals surface area contributed by atoms with Crippen LogP contribution in [0.1, 0.15) is 16.2 Å². The molecule has 2 heterocycles. The quantitative estimate of drug-likeness (QED) is 0.144. The zero-order chi connectivity index (χ0) is 24.1. The van der Waals surface area contributed by atoms with Crippen LogP contribution in [0.3, 0.4) is 0 Å². The van der Waals surface area contributed by atoms with Gasteiger partial charge in [0.05, 0.1) is 4.92 Å². The van der Waals surface area contributed by atoms with E-state index in [0.717, 1.165) is 10.4 Å². The Kier molecular flexibility index (Phi) is 6.82. The minimum absolute atomic E-state index is 0.0683. The molecule has 0 bridgehead atoms. The summed E-state index contributed by atoms with van der Waals surface area (Å²) >= 11 is 7.32. The van der Waals surface area contributed by atoms with E-state index >= 15 is 0 Å². The Hall–Kier alpha value is -4.26. The number of carbonyl (C=O) groups is 1. The number of nitro groups is 1. The number of nitrogens with one attached hydrogen (secondary N) is 1. The van der Waals surface area contributed by atoms with E-state index in [1.807, 2.05) is 24.3 Å². The molecule has 0 saturated heterocycles. The van der Waals surface area contributed by atoms with Gasteiger partial charge in [-0.05, 0) is 29.8 Å². The molecule has 0 spiro atoms. The van der Waals surface area contributed by atoms with Crippen molar-refractivity contribution in [1.29, 1.82) is 5.26 Å². The Morgan fingerprint density at radius 1 is 1.24 bits per heavy atom. The van der Waals surface area contributed by atoms with Crippen molar-refractivity contribution in [2.24, 2.45) is 0 Å². The summed E-state index contributed by atoms with van der Waals surface area (Å²) in [6.07, 6.45) is 3.58. The van der Waals surface area contributed by atoms with Crippen molar-refractivity contribution < 1.29 is 14.1 Å². The molecule has 1 amide bonds. The van der Waals surface area contributed by atoms with Crippen molar-refractivity contribution in [3.05, 3.63) is 104 Å². The van der Waals surface area contributed by atoms with Gasteiger partial charge in [-0.15, -0.1) is 11.3 Å². The lowest BCUT2D eigenvalue weighted by atomic mass is 10.1. The highest BCUT2D eigenvalue weighted by Crippen LogP contribution is 2.27. The fraction of sp³-hybridized carbons (Fsp3) is 0.0417. The maximum Gasteiger partial charge on any atom is 0.270 e. The van der Waals surface area contributed by atoms with Crippen LogP contribution in [0.25, 0.3) is 17.4 Å². The van der Waals surface area contributed by atoms with Crippen molar-refractivity contribution in [3.8, 4) is 17.4 Å². The molecule has 0 unspecified atom stereocenters. The van der Waals surface area contributed by atoms with E-state index in [1.165, 1.54) is 29.5 Å². The molecule has 0 fully saturated rings. The fourth-order valence-electron chi connectivity index (χ4n) is 3.11. The summed E-state index contributed by atoms with van der Waals surface area (Å²) < 4.78 is 5.66. The lowest BCUT2D eigenvalue weighted by Crippen LogP contribution is -2.13. The van der Waals surface area contributed by atoms with Gasteiger partial charge >= 0.3 is 0 Å². The molecule has 1 N–H and O–H groups in total. The average molecular weight is 491 g/mol. The molecule has 0 radical (unpaired) electrons. The van der Waals surface area contributed by atoms with Gasteiger partial charge in [-0.1, -0.05) is 35.9 Å². The number of hydrogen-bond acceptors (Lipinski definition) is 7. The highest BCUT2D eigenvalue weighted by atomic mass is 35.5. The lowest BCUT2D eigenvalue weighted by Gasteiger charge is -2.00. The summed E-state index contributed by atoms with van der Waals surface area (Å²) in [7, 11) is 0. The molecule has 2 aromatic carbocycles. The predicted octanol–water partition coefficient (Wildman–Crippen LogP) is 6.10. The molecule has 10 heteroatoms. The van der Waals surface area contributed by atoms with Gasteiger partial charge in [0.15, 0.2) is 5.13 Å². The molecule has 2 aromatic heterocycles. The Morgan fingerprint density at radius 2 is 2.06 bits per heavy atom. The SMILES string of the molecule is N#CC(=Cc1ccc(-c2cccc([N+](=O)[O-])c2)o1)C(=O)Nc1ncc(Cc2cccc(Cl)c2)s1. The highest BCUT2D eigenvalue weighted by molar-refractivity contribution is 7.15. The average Bonchev–Trinajstić information content (AvgIpc) is 3.47. The Balaban J connectivity index is 1.46. The maximum absolute atomic E-state index is 12.6. The number of anilines is 1. The third kappa shape index (κ3) is 5.56. The van der Waals surface area contributed by atoms with Crippen molar-refractivity contribution in [3.63, 3.8) is 0 Å². The van der Waals surface area contributed by atoms with E-state index in [1.54, 1.807) is 36.5 Å². The van der Waals surface area contributed by atoms with Crippen LogP contribution in [-0.2, 0) is 11.2 Å². The van der Waals surface area contributed by atoms with E-state index in [4.69, 9.17) is 16.0 Å². The zero-order valence-corrected chi connectivity index (χ0v) is 19.0. The minimum atomic E-state index is -0.626. The highest BCUT2D eigenvalue weighted by Gasteiger charge is 2.15. The van der Waals surface area contributed by atoms with Gasteiger partial charge in [-0.25, -0.2) is 4.98 Å². The number of aromatic nitrogens is 1. The Morgan fingerprint density at radius 3 is 2.82 bits per heavy atom. The number of rotatable bonds is 7. The number of benzene rings is 2. The second-order valence-electron chi connectivity index (χ2n) is 7.07. The molecule has 4 rings (SSSR count). The lowest BCUT2D eigenvalue weighted by molar-refractivity contribution is -0.384. The van der Waals surface area contributed by atoms with Gasteiger partial charge in [0, 0.05) is 46.3 Å². The van der Waals surface area contributed by atoms with Crippen LogP contribution < -0.4 is 5.32 Å². The van der Waals surface area contributed by atoms with Crippen LogP contribution in [-0.4, -0.2) is 15.8 Å². The first-order valence-corrected chi connectivity index (χ1v) is 11.1. The molecule has 0 aliphatic carbocycles. The van der Waals surface area contributed by atoms with E-state index in [0.29, 0.717) is 27.9 Å². The van der Waals surface area contributed by atoms with E-state index in [-0.39, 0.29) is 17.0 Å². The van der Waals surface area contributed by atoms with Crippen LogP contribution in [0.5, 0.6) is 0 Å². The molecule has 8 nitrogen and oxygen atoms in total. The van der Waals surface area contributed by atoms with E-state index in [2.05, 4.69) is 10.3 Å². The molecule has 34 heavy (non-hydrogen) atoms. The van der Waals surface area contributed by atoms with Crippen molar-refractivity contribution in [1.82, 2.24) is 4.98 Å². The number of hydrogen-bond donors (Lipinski definition) is 1. The van der Waals surface area contributed by atoms with Gasteiger partial charge in [-0.2, -0.15) is 5.26 Å². The van der Waals surface area contributed by atoms with Gasteiger partial charge < -0.3 is 4.42 Å². The van der Waals surface area contributed by atoms with Gasteiger partial charge in [-0.3, -0.25) is 20.2 Å². The standard InChI is InChI=1S/C24H15ClN4O4S/c25-18-5-1-3-15(9-18)10-21-14-27-24(34-21)28-23(30)17(13-26)12-20-7-8-22(33-20)16-4-2-6-19(11-16)29(31)32/h1-9,11-12,14H,10H2,(H,27,28,30). The predicted molar refractivity (Wildman–Crippen MR) is 129 cm³/mol. The third-order valence-electron chi connectivity index (χ3n) is 4.66. The second kappa shape index (κ2) is 10.1. The maximum atomic E-state index is 12.6.